The molecule has 0 radical (unpaired) electrons. The Morgan fingerprint density at radius 1 is 1.11 bits per heavy atom. The van der Waals surface area contributed by atoms with Crippen LogP contribution in [0.2, 0.25) is 0 Å². The highest BCUT2D eigenvalue weighted by Gasteiger charge is 2.65. The SMILES string of the molecule is COc1ccccc1C(=O)N[C@]1(C(F)(F)F)N=C(c2ccccc2)NC1=O. The molecule has 0 bridgehead atoms. The number of carbonyl (C=O) groups is 2. The second-order valence-electron chi connectivity index (χ2n) is 5.64. The first-order valence-corrected chi connectivity index (χ1v) is 7.77. The molecular weight excluding hydrogens is 363 g/mol. The van der Waals surface area contributed by atoms with Crippen LogP contribution in [0.1, 0.15) is 15.9 Å². The van der Waals surface area contributed by atoms with E-state index < -0.39 is 23.7 Å². The van der Waals surface area contributed by atoms with Gasteiger partial charge in [0, 0.05) is 5.56 Å². The van der Waals surface area contributed by atoms with Gasteiger partial charge in [0.25, 0.3) is 11.8 Å². The van der Waals surface area contributed by atoms with Crippen LogP contribution in [0, 0.1) is 0 Å². The number of carbonyl (C=O) groups excluding carboxylic acids is 2. The third-order valence-electron chi connectivity index (χ3n) is 3.94. The topological polar surface area (TPSA) is 79.8 Å². The molecule has 3 rings (SSSR count). The highest BCUT2D eigenvalue weighted by atomic mass is 19.4. The molecule has 2 amide bonds. The number of nitrogens with zero attached hydrogens (tertiary/aromatic N) is 1. The number of hydrogen-bond acceptors (Lipinski definition) is 4. The summed E-state index contributed by atoms with van der Waals surface area (Å²) >= 11 is 0. The fourth-order valence-electron chi connectivity index (χ4n) is 2.59. The summed E-state index contributed by atoms with van der Waals surface area (Å²) in [6.07, 6.45) is -5.16. The van der Waals surface area contributed by atoms with Crippen molar-refractivity contribution in [1.29, 1.82) is 0 Å². The van der Waals surface area contributed by atoms with Crippen molar-refractivity contribution in [3.63, 3.8) is 0 Å². The van der Waals surface area contributed by atoms with Crippen LogP contribution in [0.15, 0.2) is 59.6 Å². The van der Waals surface area contributed by atoms with Crippen LogP contribution in [0.5, 0.6) is 5.75 Å². The molecule has 0 aromatic heterocycles. The number of methoxy groups -OCH3 is 1. The number of amidine groups is 1. The van der Waals surface area contributed by atoms with Crippen LogP contribution in [0.25, 0.3) is 0 Å². The molecule has 0 saturated carbocycles. The number of hydrogen-bond donors (Lipinski definition) is 2. The lowest BCUT2D eigenvalue weighted by Crippen LogP contribution is -2.63. The molecular formula is C18H14F3N3O3. The molecule has 9 heteroatoms. The number of amides is 2. The number of ether oxygens (including phenoxy) is 1. The molecule has 1 heterocycles. The summed E-state index contributed by atoms with van der Waals surface area (Å²) in [4.78, 5) is 28.3. The Morgan fingerprint density at radius 2 is 1.74 bits per heavy atom. The lowest BCUT2D eigenvalue weighted by molar-refractivity contribution is -0.192. The largest absolute Gasteiger partial charge is 0.496 e. The normalized spacial score (nSPS) is 19.3. The summed E-state index contributed by atoms with van der Waals surface area (Å²) in [6, 6.07) is 13.6. The summed E-state index contributed by atoms with van der Waals surface area (Å²) in [5, 5.41) is 3.83. The number of aliphatic imine (C=N–C) groups is 1. The first kappa shape index (κ1) is 18.4. The highest BCUT2D eigenvalue weighted by molar-refractivity contribution is 6.17. The minimum absolute atomic E-state index is 0.0676. The average Bonchev–Trinajstić information content (AvgIpc) is 3.00. The molecule has 0 fully saturated rings. The maximum absolute atomic E-state index is 13.8. The minimum atomic E-state index is -5.16. The van der Waals surface area contributed by atoms with Crippen LogP contribution < -0.4 is 15.4 Å². The monoisotopic (exact) mass is 377 g/mol. The number of rotatable bonds is 4. The molecule has 1 atom stereocenters. The average molecular weight is 377 g/mol. The third-order valence-corrected chi connectivity index (χ3v) is 3.94. The van der Waals surface area contributed by atoms with E-state index in [0.29, 0.717) is 0 Å². The fourth-order valence-corrected chi connectivity index (χ4v) is 2.59. The van der Waals surface area contributed by atoms with Crippen LogP contribution in [-0.2, 0) is 4.79 Å². The van der Waals surface area contributed by atoms with Gasteiger partial charge in [0.15, 0.2) is 0 Å². The zero-order chi connectivity index (χ0) is 19.7. The Hall–Kier alpha value is -3.36. The van der Waals surface area contributed by atoms with E-state index in [1.165, 1.54) is 37.4 Å². The van der Waals surface area contributed by atoms with Gasteiger partial charge in [-0.15, -0.1) is 0 Å². The van der Waals surface area contributed by atoms with E-state index in [1.807, 2.05) is 0 Å². The number of benzene rings is 2. The predicted octanol–water partition coefficient (Wildman–Crippen LogP) is 2.26. The predicted molar refractivity (Wildman–Crippen MR) is 90.4 cm³/mol. The fraction of sp³-hybridized carbons (Fsp3) is 0.167. The molecule has 2 N–H and O–H groups in total. The van der Waals surface area contributed by atoms with E-state index in [2.05, 4.69) is 10.3 Å². The van der Waals surface area contributed by atoms with Crippen molar-refractivity contribution in [2.75, 3.05) is 7.11 Å². The van der Waals surface area contributed by atoms with E-state index in [-0.39, 0.29) is 22.7 Å². The van der Waals surface area contributed by atoms with Gasteiger partial charge in [0.2, 0.25) is 0 Å². The Kier molecular flexibility index (Phi) is 4.61. The molecule has 0 spiro atoms. The summed E-state index contributed by atoms with van der Waals surface area (Å²) in [5.74, 6) is -2.84. The Bertz CT molecular complexity index is 913. The van der Waals surface area contributed by atoms with Crippen molar-refractivity contribution < 1.29 is 27.5 Å². The van der Waals surface area contributed by atoms with E-state index in [4.69, 9.17) is 4.74 Å². The lowest BCUT2D eigenvalue weighted by Gasteiger charge is -2.27. The molecule has 0 saturated heterocycles. The molecule has 6 nitrogen and oxygen atoms in total. The van der Waals surface area contributed by atoms with Gasteiger partial charge >= 0.3 is 11.8 Å². The lowest BCUT2D eigenvalue weighted by atomic mass is 10.1. The molecule has 1 aliphatic heterocycles. The van der Waals surface area contributed by atoms with E-state index in [0.717, 1.165) is 0 Å². The number of para-hydroxylation sites is 1. The first-order chi connectivity index (χ1) is 12.8. The maximum atomic E-state index is 13.8. The summed E-state index contributed by atoms with van der Waals surface area (Å²) in [6.45, 7) is 0. The van der Waals surface area contributed by atoms with Crippen LogP contribution in [0.4, 0.5) is 13.2 Å². The van der Waals surface area contributed by atoms with Gasteiger partial charge in [-0.2, -0.15) is 13.2 Å². The van der Waals surface area contributed by atoms with Gasteiger partial charge in [-0.3, -0.25) is 9.59 Å². The molecule has 2 aromatic rings. The highest BCUT2D eigenvalue weighted by Crippen LogP contribution is 2.35. The van der Waals surface area contributed by atoms with Gasteiger partial charge in [0.05, 0.1) is 12.7 Å². The Balaban J connectivity index is 2.03. The van der Waals surface area contributed by atoms with Crippen molar-refractivity contribution in [2.24, 2.45) is 4.99 Å². The molecule has 0 unspecified atom stereocenters. The van der Waals surface area contributed by atoms with E-state index >= 15 is 0 Å². The standard InChI is InChI=1S/C18H14F3N3O3/c1-27-13-10-6-5-9-12(13)15(25)24-17(18(19,20)21)16(26)22-14(23-17)11-7-3-2-4-8-11/h2-10H,1H3,(H,24,25)(H,22,23,26)/t17-/m1/s1. The second-order valence-corrected chi connectivity index (χ2v) is 5.64. The summed E-state index contributed by atoms with van der Waals surface area (Å²) in [5.41, 5.74) is -3.31. The molecule has 0 aliphatic carbocycles. The number of alkyl halides is 3. The molecule has 140 valence electrons. The number of nitrogens with one attached hydrogen (secondary N) is 2. The van der Waals surface area contributed by atoms with Gasteiger partial charge in [-0.25, -0.2) is 4.99 Å². The van der Waals surface area contributed by atoms with Crippen LogP contribution >= 0.6 is 0 Å². The Labute approximate surface area is 152 Å². The smallest absolute Gasteiger partial charge is 0.442 e. The molecule has 27 heavy (non-hydrogen) atoms. The second kappa shape index (κ2) is 6.75. The quantitative estimate of drug-likeness (QED) is 0.858. The van der Waals surface area contributed by atoms with Crippen molar-refractivity contribution in [3.8, 4) is 5.75 Å². The van der Waals surface area contributed by atoms with E-state index in [1.54, 1.807) is 29.6 Å². The van der Waals surface area contributed by atoms with E-state index in [9.17, 15) is 22.8 Å². The Morgan fingerprint density at radius 3 is 2.37 bits per heavy atom. The van der Waals surface area contributed by atoms with Crippen molar-refractivity contribution in [3.05, 3.63) is 65.7 Å². The molecule has 1 aliphatic rings. The van der Waals surface area contributed by atoms with Crippen molar-refractivity contribution in [2.45, 2.75) is 11.8 Å². The van der Waals surface area contributed by atoms with Crippen molar-refractivity contribution in [1.82, 2.24) is 10.6 Å². The summed E-state index contributed by atoms with van der Waals surface area (Å²) in [7, 11) is 1.28. The maximum Gasteiger partial charge on any atom is 0.442 e. The van der Waals surface area contributed by atoms with Crippen LogP contribution in [0.3, 0.4) is 0 Å². The number of halogens is 3. The van der Waals surface area contributed by atoms with Crippen LogP contribution in [-0.4, -0.2) is 36.6 Å². The third kappa shape index (κ3) is 3.23. The van der Waals surface area contributed by atoms with Gasteiger partial charge in [0.1, 0.15) is 11.6 Å². The zero-order valence-electron chi connectivity index (χ0n) is 14.0. The minimum Gasteiger partial charge on any atom is -0.496 e. The van der Waals surface area contributed by atoms with Crippen molar-refractivity contribution >= 4 is 17.6 Å². The van der Waals surface area contributed by atoms with Gasteiger partial charge < -0.3 is 15.4 Å². The first-order valence-electron chi connectivity index (χ1n) is 7.77. The molecule has 2 aromatic carbocycles. The zero-order valence-corrected chi connectivity index (χ0v) is 14.0. The summed E-state index contributed by atoms with van der Waals surface area (Å²) < 4.78 is 46.4. The van der Waals surface area contributed by atoms with Gasteiger partial charge in [-0.1, -0.05) is 42.5 Å². The van der Waals surface area contributed by atoms with Gasteiger partial charge in [-0.05, 0) is 12.1 Å².